The number of hydrogen-bond acceptors (Lipinski definition) is 5. The molecule has 7 nitrogen and oxygen atoms in total. The van der Waals surface area contributed by atoms with Crippen LogP contribution in [0.15, 0.2) is 42.5 Å². The molecule has 1 N–H and O–H groups in total. The van der Waals surface area contributed by atoms with Crippen molar-refractivity contribution in [3.63, 3.8) is 0 Å². The maximum atomic E-state index is 13.0. The third-order valence-corrected chi connectivity index (χ3v) is 6.13. The Bertz CT molecular complexity index is 1100. The van der Waals surface area contributed by atoms with E-state index in [1.165, 1.54) is 4.90 Å². The first-order chi connectivity index (χ1) is 16.7. The molecule has 0 unspecified atom stereocenters. The molecular formula is C25H26F3N3O4. The maximum Gasteiger partial charge on any atom is 0.401 e. The molecule has 0 spiro atoms. The van der Waals surface area contributed by atoms with Crippen molar-refractivity contribution in [1.29, 1.82) is 0 Å². The number of halogens is 3. The molecule has 35 heavy (non-hydrogen) atoms. The molecule has 186 valence electrons. The van der Waals surface area contributed by atoms with Crippen LogP contribution >= 0.6 is 0 Å². The Kier molecular flexibility index (Phi) is 7.11. The molecule has 2 aliphatic heterocycles. The first-order valence-electron chi connectivity index (χ1n) is 11.4. The van der Waals surface area contributed by atoms with Gasteiger partial charge in [-0.1, -0.05) is 18.2 Å². The van der Waals surface area contributed by atoms with Crippen LogP contribution in [0.1, 0.15) is 50.0 Å². The molecule has 2 aromatic rings. The Morgan fingerprint density at radius 1 is 1.11 bits per heavy atom. The number of benzene rings is 2. The van der Waals surface area contributed by atoms with Crippen molar-refractivity contribution in [3.05, 3.63) is 64.7 Å². The number of hydrogen-bond donors (Lipinski definition) is 1. The number of carbonyl (C=O) groups excluding carboxylic acids is 3. The van der Waals surface area contributed by atoms with Crippen molar-refractivity contribution < 1.29 is 32.3 Å². The Hall–Kier alpha value is -3.40. The van der Waals surface area contributed by atoms with Gasteiger partial charge >= 0.3 is 6.18 Å². The highest BCUT2D eigenvalue weighted by molar-refractivity contribution is 6.21. The van der Waals surface area contributed by atoms with Gasteiger partial charge in [-0.3, -0.25) is 24.2 Å². The van der Waals surface area contributed by atoms with E-state index in [0.717, 1.165) is 4.90 Å². The zero-order valence-corrected chi connectivity index (χ0v) is 19.2. The number of ether oxygens (including phenoxy) is 1. The summed E-state index contributed by atoms with van der Waals surface area (Å²) in [6.45, 7) is 1.98. The number of nitrogens with zero attached hydrogens (tertiary/aromatic N) is 2. The molecule has 0 aliphatic carbocycles. The van der Waals surface area contributed by atoms with Crippen LogP contribution in [0.5, 0.6) is 5.75 Å². The second kappa shape index (κ2) is 10.1. The van der Waals surface area contributed by atoms with Crippen molar-refractivity contribution in [2.45, 2.75) is 26.1 Å². The highest BCUT2D eigenvalue weighted by Crippen LogP contribution is 2.27. The molecule has 0 saturated carbocycles. The van der Waals surface area contributed by atoms with Crippen LogP contribution in [0.4, 0.5) is 13.2 Å². The van der Waals surface area contributed by atoms with Crippen LogP contribution in [0, 0.1) is 5.92 Å². The summed E-state index contributed by atoms with van der Waals surface area (Å²) in [7, 11) is 0. The molecular weight excluding hydrogens is 463 g/mol. The number of rotatable bonds is 8. The van der Waals surface area contributed by atoms with Gasteiger partial charge in [0.05, 0.1) is 36.4 Å². The van der Waals surface area contributed by atoms with Gasteiger partial charge in [0, 0.05) is 13.1 Å². The number of nitrogens with one attached hydrogen (secondary N) is 1. The number of alkyl halides is 3. The summed E-state index contributed by atoms with van der Waals surface area (Å²) < 4.78 is 43.5. The number of imide groups is 1. The summed E-state index contributed by atoms with van der Waals surface area (Å²) in [4.78, 5) is 40.8. The Morgan fingerprint density at radius 2 is 1.80 bits per heavy atom. The molecule has 0 radical (unpaired) electrons. The van der Waals surface area contributed by atoms with Gasteiger partial charge in [-0.25, -0.2) is 0 Å². The van der Waals surface area contributed by atoms with E-state index in [0.29, 0.717) is 42.0 Å². The highest BCUT2D eigenvalue weighted by Gasteiger charge is 2.36. The SMILES string of the molecule is CCOc1ccc(CN2C(=O)c3ccccc3C2=O)cc1C(=O)NC[C@H]1CCN(CC(F)(F)F)C1. The summed E-state index contributed by atoms with van der Waals surface area (Å²) in [6.07, 6.45) is -3.68. The van der Waals surface area contributed by atoms with E-state index < -0.39 is 30.4 Å². The fraction of sp³-hybridized carbons (Fsp3) is 0.400. The maximum absolute atomic E-state index is 13.0. The van der Waals surface area contributed by atoms with Gasteiger partial charge < -0.3 is 10.1 Å². The third-order valence-electron chi connectivity index (χ3n) is 6.13. The molecule has 2 heterocycles. The van der Waals surface area contributed by atoms with Gasteiger partial charge in [0.2, 0.25) is 0 Å². The molecule has 10 heteroatoms. The monoisotopic (exact) mass is 489 g/mol. The zero-order valence-electron chi connectivity index (χ0n) is 19.2. The molecule has 1 fully saturated rings. The van der Waals surface area contributed by atoms with Crippen LogP contribution in [-0.2, 0) is 6.54 Å². The molecule has 2 aromatic carbocycles. The number of likely N-dealkylation sites (tertiary alicyclic amines) is 1. The topological polar surface area (TPSA) is 78.9 Å². The lowest BCUT2D eigenvalue weighted by atomic mass is 10.1. The summed E-state index contributed by atoms with van der Waals surface area (Å²) in [5.74, 6) is -0.947. The number of amides is 3. The van der Waals surface area contributed by atoms with Crippen molar-refractivity contribution in [2.24, 2.45) is 5.92 Å². The average Bonchev–Trinajstić information content (AvgIpc) is 3.35. The van der Waals surface area contributed by atoms with Crippen LogP contribution in [-0.4, -0.2) is 66.5 Å². The molecule has 0 aromatic heterocycles. The minimum Gasteiger partial charge on any atom is -0.493 e. The van der Waals surface area contributed by atoms with Crippen LogP contribution in [0.3, 0.4) is 0 Å². The summed E-state index contributed by atoms with van der Waals surface area (Å²) in [6, 6.07) is 11.5. The minimum atomic E-state index is -4.25. The largest absolute Gasteiger partial charge is 0.493 e. The lowest BCUT2D eigenvalue weighted by molar-refractivity contribution is -0.143. The van der Waals surface area contributed by atoms with Gasteiger partial charge in [0.1, 0.15) is 5.75 Å². The van der Waals surface area contributed by atoms with E-state index in [1.807, 2.05) is 0 Å². The molecule has 2 aliphatic rings. The quantitative estimate of drug-likeness (QED) is 0.575. The average molecular weight is 489 g/mol. The summed E-state index contributed by atoms with van der Waals surface area (Å²) in [5, 5.41) is 2.80. The fourth-order valence-corrected chi connectivity index (χ4v) is 4.51. The van der Waals surface area contributed by atoms with Crippen molar-refractivity contribution in [2.75, 3.05) is 32.8 Å². The minimum absolute atomic E-state index is 0.00589. The lowest BCUT2D eigenvalue weighted by Gasteiger charge is -2.18. The van der Waals surface area contributed by atoms with Gasteiger partial charge in [-0.2, -0.15) is 13.2 Å². The van der Waals surface area contributed by atoms with Crippen molar-refractivity contribution in [3.8, 4) is 5.75 Å². The molecule has 1 atom stereocenters. The zero-order chi connectivity index (χ0) is 25.2. The Morgan fingerprint density at radius 3 is 2.43 bits per heavy atom. The Balaban J connectivity index is 1.43. The first kappa shape index (κ1) is 24.7. The van der Waals surface area contributed by atoms with E-state index in [1.54, 1.807) is 49.4 Å². The van der Waals surface area contributed by atoms with Gasteiger partial charge in [0.15, 0.2) is 0 Å². The Labute approximate surface area is 200 Å². The van der Waals surface area contributed by atoms with Crippen molar-refractivity contribution >= 4 is 17.7 Å². The smallest absolute Gasteiger partial charge is 0.401 e. The summed E-state index contributed by atoms with van der Waals surface area (Å²) >= 11 is 0. The number of carbonyl (C=O) groups is 3. The standard InChI is InChI=1S/C25H26F3N3O4/c1-2-35-21-8-7-16(14-31-23(33)18-5-3-4-6-19(18)24(31)34)11-20(21)22(32)29-12-17-9-10-30(13-17)15-25(26,27)28/h3-8,11,17H,2,9-10,12-15H2,1H3,(H,29,32)/t17-/m1/s1. The lowest BCUT2D eigenvalue weighted by Crippen LogP contribution is -2.35. The predicted octanol–water partition coefficient (Wildman–Crippen LogP) is 3.50. The fourth-order valence-electron chi connectivity index (χ4n) is 4.51. The summed E-state index contributed by atoms with van der Waals surface area (Å²) in [5.41, 5.74) is 1.51. The van der Waals surface area contributed by atoms with Gasteiger partial charge in [-0.05, 0) is 55.6 Å². The third kappa shape index (κ3) is 5.64. The van der Waals surface area contributed by atoms with Crippen LogP contribution in [0.25, 0.3) is 0 Å². The predicted molar refractivity (Wildman–Crippen MR) is 121 cm³/mol. The van der Waals surface area contributed by atoms with E-state index in [-0.39, 0.29) is 31.1 Å². The van der Waals surface area contributed by atoms with E-state index in [4.69, 9.17) is 4.74 Å². The molecule has 3 amide bonds. The molecule has 0 bridgehead atoms. The van der Waals surface area contributed by atoms with E-state index >= 15 is 0 Å². The van der Waals surface area contributed by atoms with Gasteiger partial charge in [-0.15, -0.1) is 0 Å². The van der Waals surface area contributed by atoms with E-state index in [2.05, 4.69) is 5.32 Å². The van der Waals surface area contributed by atoms with Crippen molar-refractivity contribution in [1.82, 2.24) is 15.1 Å². The normalized spacial score (nSPS) is 18.2. The first-order valence-corrected chi connectivity index (χ1v) is 11.4. The second-order valence-electron chi connectivity index (χ2n) is 8.72. The number of fused-ring (bicyclic) bond motifs is 1. The van der Waals surface area contributed by atoms with Crippen LogP contribution < -0.4 is 10.1 Å². The second-order valence-corrected chi connectivity index (χ2v) is 8.72. The highest BCUT2D eigenvalue weighted by atomic mass is 19.4. The molecule has 4 rings (SSSR count). The van der Waals surface area contributed by atoms with Crippen LogP contribution in [0.2, 0.25) is 0 Å². The van der Waals surface area contributed by atoms with Gasteiger partial charge in [0.25, 0.3) is 17.7 Å². The van der Waals surface area contributed by atoms with E-state index in [9.17, 15) is 27.6 Å². The molecule has 1 saturated heterocycles.